The highest BCUT2D eigenvalue weighted by molar-refractivity contribution is 9.10. The van der Waals surface area contributed by atoms with E-state index in [0.717, 1.165) is 10.3 Å². The van der Waals surface area contributed by atoms with Gasteiger partial charge in [0.2, 0.25) is 0 Å². The number of fused-ring (bicyclic) bond motifs is 1. The molecule has 0 fully saturated rings. The Hall–Kier alpha value is -1.04. The molecule has 2 rings (SSSR count). The Balaban J connectivity index is 2.35. The van der Waals surface area contributed by atoms with Crippen molar-refractivity contribution < 1.29 is 9.90 Å². The summed E-state index contributed by atoms with van der Waals surface area (Å²) < 4.78 is 2.60. The van der Waals surface area contributed by atoms with Gasteiger partial charge in [0.05, 0.1) is 18.3 Å². The first-order valence-electron chi connectivity index (χ1n) is 4.32. The predicted octanol–water partition coefficient (Wildman–Crippen LogP) is 1.70. The highest BCUT2D eigenvalue weighted by Crippen LogP contribution is 2.26. The minimum absolute atomic E-state index is 0.125. The van der Waals surface area contributed by atoms with E-state index < -0.39 is 6.09 Å². The topological polar surface area (TPSA) is 58.4 Å². The average Bonchev–Trinajstić information content (AvgIpc) is 2.46. The fraction of sp³-hybridized carbons (Fsp3) is 0.500. The van der Waals surface area contributed by atoms with E-state index in [-0.39, 0.29) is 6.04 Å². The molecule has 1 N–H and O–H groups in total. The molecule has 0 saturated heterocycles. The van der Waals surface area contributed by atoms with Crippen LogP contribution in [-0.2, 0) is 6.54 Å². The van der Waals surface area contributed by atoms with Crippen LogP contribution in [0.15, 0.2) is 10.7 Å². The van der Waals surface area contributed by atoms with Crippen molar-refractivity contribution in [2.75, 3.05) is 6.54 Å². The molecule has 1 aliphatic heterocycles. The Kier molecular flexibility index (Phi) is 2.22. The summed E-state index contributed by atoms with van der Waals surface area (Å²) >= 11 is 3.28. The summed E-state index contributed by atoms with van der Waals surface area (Å²) in [6.45, 7) is 2.99. The standard InChI is InChI=1S/C8H10BrN3O2/c1-5-6-4-7(9)10-12(6)3-2-11(5)8(13)14/h4-5H,2-3H2,1H3,(H,13,14)/t5-/m1/s1. The normalized spacial score (nSPS) is 20.7. The number of carbonyl (C=O) groups is 1. The van der Waals surface area contributed by atoms with E-state index >= 15 is 0 Å². The van der Waals surface area contributed by atoms with E-state index in [4.69, 9.17) is 5.11 Å². The molecule has 14 heavy (non-hydrogen) atoms. The molecule has 0 bridgehead atoms. The maximum Gasteiger partial charge on any atom is 0.407 e. The molecule has 1 aromatic rings. The van der Waals surface area contributed by atoms with Gasteiger partial charge in [-0.25, -0.2) is 4.79 Å². The van der Waals surface area contributed by atoms with Crippen molar-refractivity contribution in [1.29, 1.82) is 0 Å². The average molecular weight is 260 g/mol. The largest absolute Gasteiger partial charge is 0.465 e. The number of hydrogen-bond donors (Lipinski definition) is 1. The van der Waals surface area contributed by atoms with Crippen molar-refractivity contribution in [3.63, 3.8) is 0 Å². The van der Waals surface area contributed by atoms with E-state index in [1.54, 1.807) is 0 Å². The van der Waals surface area contributed by atoms with Crippen LogP contribution in [0.3, 0.4) is 0 Å². The lowest BCUT2D eigenvalue weighted by Crippen LogP contribution is -2.40. The van der Waals surface area contributed by atoms with Gasteiger partial charge in [0.25, 0.3) is 0 Å². The first-order valence-corrected chi connectivity index (χ1v) is 5.11. The summed E-state index contributed by atoms with van der Waals surface area (Å²) in [6.07, 6.45) is -0.874. The van der Waals surface area contributed by atoms with Gasteiger partial charge in [-0.1, -0.05) is 0 Å². The SMILES string of the molecule is C[C@@H]1c2cc(Br)nn2CCN1C(=O)O. The van der Waals surface area contributed by atoms with Crippen LogP contribution in [0, 0.1) is 0 Å². The lowest BCUT2D eigenvalue weighted by molar-refractivity contribution is 0.113. The number of rotatable bonds is 0. The Bertz CT molecular complexity index is 377. The molecule has 0 saturated carbocycles. The second-order valence-electron chi connectivity index (χ2n) is 3.27. The number of halogens is 1. The van der Waals surface area contributed by atoms with Gasteiger partial charge in [-0.05, 0) is 28.9 Å². The van der Waals surface area contributed by atoms with Crippen LogP contribution in [0.1, 0.15) is 18.7 Å². The predicted molar refractivity (Wildman–Crippen MR) is 53.1 cm³/mol. The Labute approximate surface area is 89.4 Å². The Morgan fingerprint density at radius 2 is 2.43 bits per heavy atom. The highest BCUT2D eigenvalue weighted by atomic mass is 79.9. The molecular formula is C8H10BrN3O2. The van der Waals surface area contributed by atoms with Crippen LogP contribution in [0.5, 0.6) is 0 Å². The van der Waals surface area contributed by atoms with Crippen LogP contribution in [0.2, 0.25) is 0 Å². The molecular weight excluding hydrogens is 250 g/mol. The molecule has 0 spiro atoms. The van der Waals surface area contributed by atoms with Crippen molar-refractivity contribution in [1.82, 2.24) is 14.7 Å². The number of carboxylic acid groups (broad SMARTS) is 1. The zero-order valence-corrected chi connectivity index (χ0v) is 9.23. The second-order valence-corrected chi connectivity index (χ2v) is 4.08. The molecule has 2 heterocycles. The molecule has 0 aromatic carbocycles. The molecule has 76 valence electrons. The smallest absolute Gasteiger partial charge is 0.407 e. The number of aromatic nitrogens is 2. The summed E-state index contributed by atoms with van der Waals surface area (Å²) in [5.41, 5.74) is 0.936. The minimum Gasteiger partial charge on any atom is -0.465 e. The van der Waals surface area contributed by atoms with Crippen molar-refractivity contribution >= 4 is 22.0 Å². The van der Waals surface area contributed by atoms with E-state index in [0.29, 0.717) is 13.1 Å². The third kappa shape index (κ3) is 1.39. The van der Waals surface area contributed by atoms with Crippen molar-refractivity contribution in [3.05, 3.63) is 16.4 Å². The summed E-state index contributed by atoms with van der Waals surface area (Å²) in [7, 11) is 0. The zero-order valence-electron chi connectivity index (χ0n) is 7.64. The molecule has 1 amide bonds. The Morgan fingerprint density at radius 3 is 3.07 bits per heavy atom. The first kappa shape index (κ1) is 9.51. The van der Waals surface area contributed by atoms with Gasteiger partial charge in [-0.2, -0.15) is 5.10 Å². The van der Waals surface area contributed by atoms with Crippen LogP contribution in [0.4, 0.5) is 4.79 Å². The maximum atomic E-state index is 10.9. The van der Waals surface area contributed by atoms with Gasteiger partial charge in [-0.3, -0.25) is 9.58 Å². The molecule has 1 aromatic heterocycles. The quantitative estimate of drug-likeness (QED) is 0.772. The third-order valence-electron chi connectivity index (χ3n) is 2.48. The summed E-state index contributed by atoms with van der Waals surface area (Å²) in [5.74, 6) is 0. The lowest BCUT2D eigenvalue weighted by Gasteiger charge is -2.31. The number of nitrogens with zero attached hydrogens (tertiary/aromatic N) is 3. The number of amides is 1. The molecule has 0 unspecified atom stereocenters. The monoisotopic (exact) mass is 259 g/mol. The van der Waals surface area contributed by atoms with Gasteiger partial charge >= 0.3 is 6.09 Å². The maximum absolute atomic E-state index is 10.9. The molecule has 6 heteroatoms. The van der Waals surface area contributed by atoms with E-state index in [9.17, 15) is 4.79 Å². The first-order chi connectivity index (χ1) is 6.59. The van der Waals surface area contributed by atoms with E-state index in [2.05, 4.69) is 21.0 Å². The number of hydrogen-bond acceptors (Lipinski definition) is 2. The highest BCUT2D eigenvalue weighted by Gasteiger charge is 2.28. The van der Waals surface area contributed by atoms with Gasteiger partial charge in [0.15, 0.2) is 0 Å². The minimum atomic E-state index is -0.874. The summed E-state index contributed by atoms with van der Waals surface area (Å²) in [5, 5.41) is 13.1. The van der Waals surface area contributed by atoms with Crippen molar-refractivity contribution in [3.8, 4) is 0 Å². The fourth-order valence-corrected chi connectivity index (χ4v) is 2.16. The fourth-order valence-electron chi connectivity index (χ4n) is 1.73. The molecule has 0 aliphatic carbocycles. The van der Waals surface area contributed by atoms with Gasteiger partial charge in [0, 0.05) is 6.54 Å². The lowest BCUT2D eigenvalue weighted by atomic mass is 10.2. The van der Waals surface area contributed by atoms with Crippen LogP contribution in [-0.4, -0.2) is 32.4 Å². The van der Waals surface area contributed by atoms with Gasteiger partial charge in [-0.15, -0.1) is 0 Å². The van der Waals surface area contributed by atoms with Crippen LogP contribution in [0.25, 0.3) is 0 Å². The zero-order chi connectivity index (χ0) is 10.3. The Morgan fingerprint density at radius 1 is 1.71 bits per heavy atom. The molecule has 5 nitrogen and oxygen atoms in total. The van der Waals surface area contributed by atoms with Crippen LogP contribution < -0.4 is 0 Å². The van der Waals surface area contributed by atoms with Crippen molar-refractivity contribution in [2.45, 2.75) is 19.5 Å². The summed E-state index contributed by atoms with van der Waals surface area (Å²) in [4.78, 5) is 12.3. The van der Waals surface area contributed by atoms with Gasteiger partial charge in [0.1, 0.15) is 4.60 Å². The van der Waals surface area contributed by atoms with E-state index in [1.165, 1.54) is 4.90 Å². The molecule has 1 atom stereocenters. The van der Waals surface area contributed by atoms with Crippen LogP contribution >= 0.6 is 15.9 Å². The third-order valence-corrected chi connectivity index (χ3v) is 2.86. The second kappa shape index (κ2) is 3.27. The molecule has 0 radical (unpaired) electrons. The molecule has 1 aliphatic rings. The van der Waals surface area contributed by atoms with Crippen molar-refractivity contribution in [2.24, 2.45) is 0 Å². The van der Waals surface area contributed by atoms with Gasteiger partial charge < -0.3 is 5.11 Å². The van der Waals surface area contributed by atoms with E-state index in [1.807, 2.05) is 17.7 Å². The summed E-state index contributed by atoms with van der Waals surface area (Å²) in [6, 6.07) is 1.74.